The number of piperidine rings is 1. The minimum Gasteiger partial charge on any atom is -0.457 e. The number of likely N-dealkylation sites (N-methyl/N-ethyl adjacent to an activating group) is 1. The van der Waals surface area contributed by atoms with Gasteiger partial charge in [0, 0.05) is 12.6 Å². The second-order valence-electron chi connectivity index (χ2n) is 6.12. The molecule has 1 fully saturated rings. The summed E-state index contributed by atoms with van der Waals surface area (Å²) < 4.78 is 7.26. The molecule has 1 N–H and O–H groups in total. The van der Waals surface area contributed by atoms with Gasteiger partial charge >= 0.3 is 0 Å². The van der Waals surface area contributed by atoms with Crippen molar-refractivity contribution in [2.45, 2.75) is 25.4 Å². The molecule has 0 aliphatic carbocycles. The van der Waals surface area contributed by atoms with Gasteiger partial charge in [0.15, 0.2) is 10.8 Å². The van der Waals surface area contributed by atoms with Gasteiger partial charge in [-0.25, -0.2) is 4.98 Å². The number of hydrogen-bond donors (Lipinski definition) is 1. The molecule has 0 bridgehead atoms. The van der Waals surface area contributed by atoms with Crippen LogP contribution in [0.4, 0.5) is 0 Å². The highest BCUT2D eigenvalue weighted by molar-refractivity contribution is 7.21. The number of furan rings is 1. The third-order valence-electron chi connectivity index (χ3n) is 4.46. The van der Waals surface area contributed by atoms with Crippen LogP contribution in [-0.4, -0.2) is 36.1 Å². The summed E-state index contributed by atoms with van der Waals surface area (Å²) in [5.41, 5.74) is 1.04. The van der Waals surface area contributed by atoms with E-state index in [9.17, 15) is 0 Å². The highest BCUT2D eigenvalue weighted by Gasteiger charge is 2.20. The second kappa shape index (κ2) is 6.43. The van der Waals surface area contributed by atoms with E-state index in [2.05, 4.69) is 27.3 Å². The lowest BCUT2D eigenvalue weighted by Gasteiger charge is -2.31. The molecule has 3 aromatic rings. The number of nitrogens with one attached hydrogen (secondary N) is 1. The van der Waals surface area contributed by atoms with E-state index in [0.29, 0.717) is 6.04 Å². The van der Waals surface area contributed by atoms with Crippen LogP contribution in [0, 0.1) is 0 Å². The average Bonchev–Trinajstić information content (AvgIpc) is 3.21. The Bertz CT molecular complexity index is 761. The summed E-state index contributed by atoms with van der Waals surface area (Å²) in [6.07, 6.45) is 2.51. The number of para-hydroxylation sites is 1. The molecule has 1 atom stereocenters. The van der Waals surface area contributed by atoms with Crippen molar-refractivity contribution >= 4 is 21.6 Å². The third-order valence-corrected chi connectivity index (χ3v) is 5.51. The summed E-state index contributed by atoms with van der Waals surface area (Å²) in [7, 11) is 2.05. The summed E-state index contributed by atoms with van der Waals surface area (Å²) >= 11 is 1.69. The van der Waals surface area contributed by atoms with Gasteiger partial charge in [0.05, 0.1) is 16.8 Å². The van der Waals surface area contributed by atoms with Crippen molar-refractivity contribution in [2.75, 3.05) is 20.1 Å². The van der Waals surface area contributed by atoms with Crippen LogP contribution >= 0.6 is 11.3 Å². The fraction of sp³-hybridized carbons (Fsp3) is 0.389. The van der Waals surface area contributed by atoms with E-state index < -0.39 is 0 Å². The Labute approximate surface area is 140 Å². The number of nitrogens with zero attached hydrogens (tertiary/aromatic N) is 2. The van der Waals surface area contributed by atoms with Gasteiger partial charge in [0.2, 0.25) is 0 Å². The van der Waals surface area contributed by atoms with Crippen molar-refractivity contribution in [2.24, 2.45) is 0 Å². The molecular weight excluding hydrogens is 306 g/mol. The lowest BCUT2D eigenvalue weighted by atomic mass is 10.1. The molecule has 2 aromatic heterocycles. The molecule has 4 nitrogen and oxygen atoms in total. The smallest absolute Gasteiger partial charge is 0.163 e. The number of hydrogen-bond acceptors (Lipinski definition) is 5. The second-order valence-corrected chi connectivity index (χ2v) is 7.15. The first kappa shape index (κ1) is 14.9. The van der Waals surface area contributed by atoms with Crippen molar-refractivity contribution in [1.29, 1.82) is 0 Å². The molecule has 1 aliphatic rings. The van der Waals surface area contributed by atoms with Crippen LogP contribution in [0.2, 0.25) is 0 Å². The van der Waals surface area contributed by atoms with Crippen molar-refractivity contribution < 1.29 is 4.42 Å². The highest BCUT2D eigenvalue weighted by atomic mass is 32.1. The molecule has 1 aromatic carbocycles. The minimum atomic E-state index is 0.599. The number of likely N-dealkylation sites (tertiary alicyclic amines) is 1. The highest BCUT2D eigenvalue weighted by Crippen LogP contribution is 2.31. The maximum atomic E-state index is 6.06. The predicted octanol–water partition coefficient (Wildman–Crippen LogP) is 3.74. The van der Waals surface area contributed by atoms with Gasteiger partial charge < -0.3 is 9.73 Å². The van der Waals surface area contributed by atoms with E-state index in [1.807, 2.05) is 31.3 Å². The van der Waals surface area contributed by atoms with E-state index in [-0.39, 0.29) is 0 Å². The van der Waals surface area contributed by atoms with E-state index in [1.54, 1.807) is 11.3 Å². The fourth-order valence-electron chi connectivity index (χ4n) is 3.21. The Morgan fingerprint density at radius 3 is 3.09 bits per heavy atom. The Hall–Kier alpha value is -1.69. The molecule has 1 saturated heterocycles. The molecule has 5 heteroatoms. The van der Waals surface area contributed by atoms with Crippen LogP contribution in [0.15, 0.2) is 40.8 Å². The Balaban J connectivity index is 1.50. The maximum absolute atomic E-state index is 6.06. The van der Waals surface area contributed by atoms with E-state index in [4.69, 9.17) is 4.42 Å². The third kappa shape index (κ3) is 3.17. The zero-order valence-corrected chi connectivity index (χ0v) is 14.1. The van der Waals surface area contributed by atoms with Gasteiger partial charge in [-0.1, -0.05) is 12.1 Å². The number of aromatic nitrogens is 1. The van der Waals surface area contributed by atoms with Gasteiger partial charge in [-0.3, -0.25) is 4.90 Å². The quantitative estimate of drug-likeness (QED) is 0.792. The zero-order chi connectivity index (χ0) is 15.6. The summed E-state index contributed by atoms with van der Waals surface area (Å²) in [5.74, 6) is 1.90. The number of fused-ring (bicyclic) bond motifs is 1. The fourth-order valence-corrected chi connectivity index (χ4v) is 4.14. The lowest BCUT2D eigenvalue weighted by molar-refractivity contribution is 0.176. The summed E-state index contributed by atoms with van der Waals surface area (Å²) in [4.78, 5) is 7.13. The van der Waals surface area contributed by atoms with E-state index >= 15 is 0 Å². The summed E-state index contributed by atoms with van der Waals surface area (Å²) in [5, 5.41) is 4.35. The van der Waals surface area contributed by atoms with Crippen molar-refractivity contribution in [3.8, 4) is 10.8 Å². The van der Waals surface area contributed by atoms with Crippen LogP contribution in [-0.2, 0) is 6.54 Å². The van der Waals surface area contributed by atoms with Crippen molar-refractivity contribution in [1.82, 2.24) is 15.2 Å². The molecule has 0 saturated carbocycles. The molecule has 0 amide bonds. The normalized spacial score (nSPS) is 19.4. The van der Waals surface area contributed by atoms with Gasteiger partial charge in [0.25, 0.3) is 0 Å². The van der Waals surface area contributed by atoms with Crippen LogP contribution in [0.3, 0.4) is 0 Å². The largest absolute Gasteiger partial charge is 0.457 e. The van der Waals surface area contributed by atoms with Crippen molar-refractivity contribution in [3.63, 3.8) is 0 Å². The first-order chi connectivity index (χ1) is 11.3. The Kier molecular flexibility index (Phi) is 4.16. The molecule has 0 spiro atoms. The van der Waals surface area contributed by atoms with Crippen LogP contribution < -0.4 is 5.32 Å². The van der Waals surface area contributed by atoms with Gasteiger partial charge in [-0.2, -0.15) is 0 Å². The maximum Gasteiger partial charge on any atom is 0.163 e. The van der Waals surface area contributed by atoms with Gasteiger partial charge in [0.1, 0.15) is 5.76 Å². The molecule has 1 unspecified atom stereocenters. The van der Waals surface area contributed by atoms with E-state index in [0.717, 1.165) is 41.7 Å². The molecule has 23 heavy (non-hydrogen) atoms. The molecule has 1 aliphatic heterocycles. The van der Waals surface area contributed by atoms with Crippen LogP contribution in [0.5, 0.6) is 0 Å². The molecule has 0 radical (unpaired) electrons. The number of benzene rings is 1. The molecule has 3 heterocycles. The minimum absolute atomic E-state index is 0.599. The predicted molar refractivity (Wildman–Crippen MR) is 94.7 cm³/mol. The number of thiazole rings is 1. The Morgan fingerprint density at radius 2 is 2.22 bits per heavy atom. The zero-order valence-electron chi connectivity index (χ0n) is 13.3. The average molecular weight is 327 g/mol. The monoisotopic (exact) mass is 327 g/mol. The van der Waals surface area contributed by atoms with Crippen molar-refractivity contribution in [3.05, 3.63) is 42.2 Å². The summed E-state index contributed by atoms with van der Waals surface area (Å²) in [6.45, 7) is 3.12. The first-order valence-corrected chi connectivity index (χ1v) is 8.98. The van der Waals surface area contributed by atoms with E-state index in [1.165, 1.54) is 17.5 Å². The molecular formula is C18H21N3OS. The SMILES string of the molecule is CNC1CCCN(Cc2ccc(-c3nc4ccccc4s3)o2)C1. The Morgan fingerprint density at radius 1 is 1.30 bits per heavy atom. The van der Waals surface area contributed by atoms with Crippen LogP contribution in [0.25, 0.3) is 21.0 Å². The van der Waals surface area contributed by atoms with Gasteiger partial charge in [-0.05, 0) is 50.7 Å². The summed E-state index contributed by atoms with van der Waals surface area (Å²) in [6, 6.07) is 13.0. The van der Waals surface area contributed by atoms with Gasteiger partial charge in [-0.15, -0.1) is 11.3 Å². The number of rotatable bonds is 4. The lowest BCUT2D eigenvalue weighted by Crippen LogP contribution is -2.43. The standard InChI is InChI=1S/C18H21N3OS/c1-19-13-5-4-10-21(11-13)12-14-8-9-16(22-14)18-20-15-6-2-3-7-17(15)23-18/h2-3,6-9,13,19H,4-5,10-12H2,1H3. The topological polar surface area (TPSA) is 41.3 Å². The molecule has 4 rings (SSSR count). The van der Waals surface area contributed by atoms with Crippen LogP contribution in [0.1, 0.15) is 18.6 Å². The molecule has 120 valence electrons. The first-order valence-electron chi connectivity index (χ1n) is 8.16.